The minimum absolute atomic E-state index is 0.0668. The Bertz CT molecular complexity index is 1450. The Labute approximate surface area is 245 Å². The fourth-order valence-corrected chi connectivity index (χ4v) is 5.78. The molecule has 0 atom stereocenters. The third kappa shape index (κ3) is 6.69. The topological polar surface area (TPSA) is 125 Å². The van der Waals surface area contributed by atoms with Gasteiger partial charge in [0.15, 0.2) is 0 Å². The lowest BCUT2D eigenvalue weighted by Gasteiger charge is -2.12. The maximum Gasteiger partial charge on any atom is 0.335 e. The number of hydrogen-bond donors (Lipinski definition) is 3. The van der Waals surface area contributed by atoms with Crippen molar-refractivity contribution in [3.63, 3.8) is 0 Å². The summed E-state index contributed by atoms with van der Waals surface area (Å²) in [5.41, 5.74) is 3.32. The number of rotatable bonds is 8. The monoisotopic (exact) mass is 737 g/mol. The second kappa shape index (κ2) is 11.9. The highest BCUT2D eigenvalue weighted by Crippen LogP contribution is 2.31. The van der Waals surface area contributed by atoms with Gasteiger partial charge in [-0.3, -0.25) is 9.59 Å². The van der Waals surface area contributed by atoms with E-state index in [1.807, 2.05) is 25.1 Å². The first-order chi connectivity index (χ1) is 18.1. The molecule has 3 N–H and O–H groups in total. The number of carbonyl (C=O) groups is 4. The molecule has 38 heavy (non-hydrogen) atoms. The lowest BCUT2D eigenvalue weighted by molar-refractivity contribution is -0.127. The number of imide groups is 1. The van der Waals surface area contributed by atoms with Crippen LogP contribution in [0.4, 0.5) is 10.5 Å². The van der Waals surface area contributed by atoms with Gasteiger partial charge in [-0.15, -0.1) is 0 Å². The van der Waals surface area contributed by atoms with E-state index in [0.717, 1.165) is 23.2 Å². The van der Waals surface area contributed by atoms with Crippen LogP contribution in [0.5, 0.6) is 5.75 Å². The smallest absolute Gasteiger partial charge is 0.335 e. The minimum Gasteiger partial charge on any atom is -0.487 e. The van der Waals surface area contributed by atoms with E-state index in [1.54, 1.807) is 36.4 Å². The molecule has 0 saturated carbocycles. The summed E-state index contributed by atoms with van der Waals surface area (Å²) >= 11 is 4.25. The molecule has 0 unspecified atom stereocenters. The first kappa shape index (κ1) is 27.6. The van der Waals surface area contributed by atoms with Gasteiger partial charge in [0.2, 0.25) is 5.91 Å². The highest BCUT2D eigenvalue weighted by molar-refractivity contribution is 14.1. The molecule has 0 radical (unpaired) electrons. The molecule has 0 aliphatic carbocycles. The van der Waals surface area contributed by atoms with Crippen LogP contribution in [-0.2, 0) is 16.2 Å². The van der Waals surface area contributed by atoms with E-state index in [4.69, 9.17) is 9.84 Å². The Balaban J connectivity index is 1.42. The van der Waals surface area contributed by atoms with Crippen LogP contribution in [0.3, 0.4) is 0 Å². The van der Waals surface area contributed by atoms with Crippen LogP contribution in [0.1, 0.15) is 27.0 Å². The van der Waals surface area contributed by atoms with Crippen molar-refractivity contribution in [1.82, 2.24) is 10.2 Å². The number of urea groups is 1. The van der Waals surface area contributed by atoms with Gasteiger partial charge in [0.25, 0.3) is 5.91 Å². The third-order valence-corrected chi connectivity index (χ3v) is 7.08. The molecule has 9 nitrogen and oxygen atoms in total. The predicted octanol–water partition coefficient (Wildman–Crippen LogP) is 5.01. The number of anilines is 1. The predicted molar refractivity (Wildman–Crippen MR) is 158 cm³/mol. The van der Waals surface area contributed by atoms with Gasteiger partial charge < -0.3 is 20.5 Å². The van der Waals surface area contributed by atoms with Gasteiger partial charge in [-0.2, -0.15) is 0 Å². The minimum atomic E-state index is -0.989. The maximum absolute atomic E-state index is 12.9. The van der Waals surface area contributed by atoms with Gasteiger partial charge in [0.1, 0.15) is 24.6 Å². The van der Waals surface area contributed by atoms with Crippen molar-refractivity contribution in [3.05, 3.63) is 95.8 Å². The van der Waals surface area contributed by atoms with Gasteiger partial charge in [-0.05, 0) is 111 Å². The fourth-order valence-electron chi connectivity index (χ4n) is 3.65. The van der Waals surface area contributed by atoms with Crippen molar-refractivity contribution >= 4 is 80.8 Å². The molecular formula is C27H21I2N3O6. The number of ether oxygens (including phenoxy) is 1. The van der Waals surface area contributed by atoms with Gasteiger partial charge in [-0.1, -0.05) is 24.3 Å². The normalized spacial score (nSPS) is 14.0. The number of aromatic carboxylic acids is 1. The van der Waals surface area contributed by atoms with Crippen molar-refractivity contribution in [1.29, 1.82) is 0 Å². The van der Waals surface area contributed by atoms with E-state index in [-0.39, 0.29) is 17.9 Å². The molecule has 194 valence electrons. The van der Waals surface area contributed by atoms with Gasteiger partial charge in [-0.25, -0.2) is 14.5 Å². The number of carbonyl (C=O) groups excluding carboxylic acids is 3. The van der Waals surface area contributed by atoms with Gasteiger partial charge in [0.05, 0.1) is 12.7 Å². The molecule has 0 aromatic heterocycles. The molecule has 1 aliphatic heterocycles. The number of halogens is 2. The number of nitrogens with zero attached hydrogens (tertiary/aromatic N) is 1. The second-order valence-corrected chi connectivity index (χ2v) is 10.7. The lowest BCUT2D eigenvalue weighted by Crippen LogP contribution is -2.38. The van der Waals surface area contributed by atoms with Crippen LogP contribution in [0.25, 0.3) is 6.08 Å². The molecule has 1 heterocycles. The zero-order valence-electron chi connectivity index (χ0n) is 20.0. The van der Waals surface area contributed by atoms with E-state index in [1.165, 1.54) is 12.1 Å². The SMILES string of the molecule is Cc1cccc(NC(=O)CN2C(=O)N/C(=C/c3cc(I)c(OCc4ccc(C(=O)O)cc4)c(I)c3)C2=O)c1. The number of aryl methyl sites for hydroxylation is 1. The molecule has 11 heteroatoms. The summed E-state index contributed by atoms with van der Waals surface area (Å²) in [6.07, 6.45) is 1.55. The Morgan fingerprint density at radius 2 is 1.74 bits per heavy atom. The standard InChI is InChI=1S/C27H21I2N3O6/c1-15-3-2-4-19(9-15)30-23(33)13-32-25(34)22(31-27(32)37)12-17-10-20(28)24(21(29)11-17)38-14-16-5-7-18(8-6-16)26(35)36/h2-12H,13-14H2,1H3,(H,30,33)(H,31,37)(H,35,36)/b22-12+. The Kier molecular flexibility index (Phi) is 8.66. The van der Waals surface area contributed by atoms with E-state index >= 15 is 0 Å². The summed E-state index contributed by atoms with van der Waals surface area (Å²) in [4.78, 5) is 49.6. The van der Waals surface area contributed by atoms with Gasteiger partial charge in [0, 0.05) is 5.69 Å². The van der Waals surface area contributed by atoms with Crippen LogP contribution in [0.15, 0.2) is 66.4 Å². The number of carboxylic acids is 1. The molecule has 3 aromatic rings. The Morgan fingerprint density at radius 3 is 2.37 bits per heavy atom. The van der Waals surface area contributed by atoms with Crippen molar-refractivity contribution in [2.24, 2.45) is 0 Å². The van der Waals surface area contributed by atoms with Crippen LogP contribution >= 0.6 is 45.2 Å². The van der Waals surface area contributed by atoms with E-state index < -0.39 is 30.4 Å². The van der Waals surface area contributed by atoms with E-state index in [2.05, 4.69) is 55.8 Å². The number of nitrogens with one attached hydrogen (secondary N) is 2. The van der Waals surface area contributed by atoms with E-state index in [9.17, 15) is 19.2 Å². The third-order valence-electron chi connectivity index (χ3n) is 5.48. The second-order valence-electron chi connectivity index (χ2n) is 8.40. The summed E-state index contributed by atoms with van der Waals surface area (Å²) in [6, 6.07) is 16.6. The van der Waals surface area contributed by atoms with Gasteiger partial charge >= 0.3 is 12.0 Å². The summed E-state index contributed by atoms with van der Waals surface area (Å²) in [5, 5.41) is 14.3. The summed E-state index contributed by atoms with van der Waals surface area (Å²) in [5.74, 6) is -1.42. The van der Waals surface area contributed by atoms with Crippen LogP contribution in [0, 0.1) is 14.1 Å². The summed E-state index contributed by atoms with van der Waals surface area (Å²) < 4.78 is 7.54. The lowest BCUT2D eigenvalue weighted by atomic mass is 10.1. The van der Waals surface area contributed by atoms with Crippen LogP contribution in [-0.4, -0.2) is 40.4 Å². The fraction of sp³-hybridized carbons (Fsp3) is 0.111. The van der Waals surface area contributed by atoms with Crippen molar-refractivity contribution in [3.8, 4) is 5.75 Å². The molecule has 4 amide bonds. The molecule has 0 bridgehead atoms. The number of hydrogen-bond acceptors (Lipinski definition) is 5. The van der Waals surface area contributed by atoms with Crippen molar-refractivity contribution < 1.29 is 29.0 Å². The molecule has 1 fully saturated rings. The van der Waals surface area contributed by atoms with Crippen LogP contribution in [0.2, 0.25) is 0 Å². The zero-order chi connectivity index (χ0) is 27.4. The summed E-state index contributed by atoms with van der Waals surface area (Å²) in [6.45, 7) is 1.73. The quantitative estimate of drug-likeness (QED) is 0.170. The zero-order valence-corrected chi connectivity index (χ0v) is 24.3. The van der Waals surface area contributed by atoms with Crippen molar-refractivity contribution in [2.45, 2.75) is 13.5 Å². The Hall–Kier alpha value is -3.46. The Morgan fingerprint density at radius 1 is 1.05 bits per heavy atom. The van der Waals surface area contributed by atoms with E-state index in [0.29, 0.717) is 17.0 Å². The molecule has 1 aliphatic rings. The average Bonchev–Trinajstić information content (AvgIpc) is 3.11. The summed E-state index contributed by atoms with van der Waals surface area (Å²) in [7, 11) is 0. The maximum atomic E-state index is 12.9. The average molecular weight is 737 g/mol. The highest BCUT2D eigenvalue weighted by atomic mass is 127. The first-order valence-corrected chi connectivity index (χ1v) is 13.4. The first-order valence-electron chi connectivity index (χ1n) is 11.3. The number of amides is 4. The molecule has 4 rings (SSSR count). The largest absolute Gasteiger partial charge is 0.487 e. The molecule has 0 spiro atoms. The molecule has 3 aromatic carbocycles. The highest BCUT2D eigenvalue weighted by Gasteiger charge is 2.35. The molecular weight excluding hydrogens is 716 g/mol. The number of benzene rings is 3. The van der Waals surface area contributed by atoms with Crippen LogP contribution < -0.4 is 15.4 Å². The molecule has 1 saturated heterocycles. The van der Waals surface area contributed by atoms with Crippen molar-refractivity contribution in [2.75, 3.05) is 11.9 Å². The number of carboxylic acid groups (broad SMARTS) is 1.